The molecule has 0 nitrogen and oxygen atoms in total. The Balaban J connectivity index is 0.878. The molecular weight excluding hydrogens is 801 g/mol. The second kappa shape index (κ2) is 12.3. The molecule has 1 heteroatoms. The molecule has 0 atom stereocenters. The maximum atomic E-state index is 2.59. The zero-order valence-corrected chi connectivity index (χ0v) is 40.9. The predicted octanol–water partition coefficient (Wildman–Crippen LogP) is 17.5. The van der Waals surface area contributed by atoms with Crippen molar-refractivity contribution in [2.24, 2.45) is 0 Å². The molecule has 0 aromatic heterocycles. The first kappa shape index (κ1) is 39.5. The average Bonchev–Trinajstić information content (AvgIpc) is 3.89. The van der Waals surface area contributed by atoms with E-state index in [9.17, 15) is 0 Å². The van der Waals surface area contributed by atoms with E-state index in [1.165, 1.54) is 143 Å². The Morgan fingerprint density at radius 1 is 0.323 bits per heavy atom. The summed E-state index contributed by atoms with van der Waals surface area (Å²) < 4.78 is 0. The number of hydrogen-bond acceptors (Lipinski definition) is 0. The summed E-state index contributed by atoms with van der Waals surface area (Å²) in [6.07, 6.45) is 5.11. The van der Waals surface area contributed by atoms with Crippen LogP contribution in [0.2, 0.25) is 0 Å². The van der Waals surface area contributed by atoms with Gasteiger partial charge in [0.2, 0.25) is 0 Å². The van der Waals surface area contributed by atoms with Gasteiger partial charge in [0.1, 0.15) is 0 Å². The largest absolute Gasteiger partial charge is 0.192 e. The quantitative estimate of drug-likeness (QED) is 0.162. The highest BCUT2D eigenvalue weighted by Gasteiger charge is 2.45. The third-order valence-electron chi connectivity index (χ3n) is 17.5. The van der Waals surface area contributed by atoms with Crippen molar-refractivity contribution in [2.45, 2.75) is 90.9 Å². The Labute approximate surface area is 387 Å². The monoisotopic (exact) mass is 858 g/mol. The Kier molecular flexibility index (Phi) is 7.47. The first-order valence-corrected chi connectivity index (χ1v) is 26.2. The Hall–Kier alpha value is -5.89. The summed E-state index contributed by atoms with van der Waals surface area (Å²) in [5.74, 6) is 0. The lowest BCUT2D eigenvalue weighted by Crippen LogP contribution is -2.17. The molecule has 0 unspecified atom stereocenters. The molecule has 0 bridgehead atoms. The van der Waals surface area contributed by atoms with Gasteiger partial charge in [0, 0.05) is 31.5 Å². The van der Waals surface area contributed by atoms with E-state index in [2.05, 4.69) is 215 Å². The zero-order valence-electron chi connectivity index (χ0n) is 40.1. The van der Waals surface area contributed by atoms with Gasteiger partial charge in [-0.3, -0.25) is 0 Å². The molecule has 0 saturated heterocycles. The smallest absolute Gasteiger partial charge is 0.0159 e. The number of fused-ring (bicyclic) bond motifs is 16. The molecule has 0 radical (unpaired) electrons. The van der Waals surface area contributed by atoms with Crippen molar-refractivity contribution in [2.75, 3.05) is 12.5 Å². The molecule has 0 N–H and O–H groups in total. The summed E-state index contributed by atoms with van der Waals surface area (Å²) in [7, 11) is -1.37. The summed E-state index contributed by atoms with van der Waals surface area (Å²) in [5.41, 5.74) is 28.2. The molecular formula is C64H58S. The van der Waals surface area contributed by atoms with E-state index in [4.69, 9.17) is 0 Å². The average molecular weight is 859 g/mol. The third kappa shape index (κ3) is 4.76. The highest BCUT2D eigenvalue weighted by molar-refractivity contribution is 8.47. The van der Waals surface area contributed by atoms with Crippen LogP contribution in [0.15, 0.2) is 145 Å². The standard InChI is InChI=1S/C64H58S/c1-35-36(2)60(40-22-26-44-46-32-56-48(34-54(46)64(9,10)52(44)30-40)58-42-20-16-14-18-38(42)24-28-50(58)62(56,5)6)65(11,12)59(35)39-21-25-43-45-31-55-47(33-53(45)63(7,8)51(43)29-39)57-41-19-15-13-17-37(41)23-27-49(57)61(55,3)4/h13-34H,1-12H3. The Bertz CT molecular complexity index is 3390. The van der Waals surface area contributed by atoms with Gasteiger partial charge in [0.25, 0.3) is 0 Å². The molecule has 1 aliphatic heterocycles. The zero-order chi connectivity index (χ0) is 45.1. The summed E-state index contributed by atoms with van der Waals surface area (Å²) >= 11 is 0. The van der Waals surface area contributed by atoms with Gasteiger partial charge < -0.3 is 0 Å². The minimum Gasteiger partial charge on any atom is -0.192 e. The van der Waals surface area contributed by atoms with Crippen LogP contribution in [-0.2, 0) is 21.7 Å². The molecule has 1 heterocycles. The van der Waals surface area contributed by atoms with E-state index in [0.29, 0.717) is 0 Å². The van der Waals surface area contributed by atoms with Gasteiger partial charge in [0.15, 0.2) is 0 Å². The van der Waals surface area contributed by atoms with Crippen LogP contribution in [0, 0.1) is 0 Å². The van der Waals surface area contributed by atoms with Crippen LogP contribution in [0.4, 0.5) is 0 Å². The van der Waals surface area contributed by atoms with Crippen LogP contribution < -0.4 is 0 Å². The minimum atomic E-state index is -1.37. The Morgan fingerprint density at radius 2 is 0.662 bits per heavy atom. The van der Waals surface area contributed by atoms with E-state index >= 15 is 0 Å². The normalized spacial score (nSPS) is 19.4. The van der Waals surface area contributed by atoms with Crippen molar-refractivity contribution in [1.82, 2.24) is 0 Å². The van der Waals surface area contributed by atoms with Gasteiger partial charge in [-0.25, -0.2) is 0 Å². The van der Waals surface area contributed by atoms with Crippen molar-refractivity contribution >= 4 is 41.4 Å². The number of benzene rings is 8. The van der Waals surface area contributed by atoms with E-state index < -0.39 is 10.0 Å². The van der Waals surface area contributed by atoms with Gasteiger partial charge in [-0.15, -0.1) is 0 Å². The van der Waals surface area contributed by atoms with Crippen molar-refractivity contribution in [3.8, 4) is 44.5 Å². The highest BCUT2D eigenvalue weighted by Crippen LogP contribution is 2.71. The van der Waals surface area contributed by atoms with Gasteiger partial charge >= 0.3 is 0 Å². The van der Waals surface area contributed by atoms with Crippen LogP contribution in [0.25, 0.3) is 75.9 Å². The fourth-order valence-corrected chi connectivity index (χ4v) is 17.5. The van der Waals surface area contributed by atoms with Crippen LogP contribution in [-0.4, -0.2) is 12.5 Å². The summed E-state index contributed by atoms with van der Waals surface area (Å²) in [4.78, 5) is 3.08. The van der Waals surface area contributed by atoms with Gasteiger partial charge in [0.05, 0.1) is 0 Å². The van der Waals surface area contributed by atoms with E-state index in [1.54, 1.807) is 0 Å². The van der Waals surface area contributed by atoms with Crippen LogP contribution >= 0.6 is 10.0 Å². The third-order valence-corrected chi connectivity index (χ3v) is 20.6. The first-order chi connectivity index (χ1) is 30.8. The molecule has 4 aliphatic carbocycles. The topological polar surface area (TPSA) is 0 Å². The molecule has 0 fully saturated rings. The molecule has 13 rings (SSSR count). The molecule has 8 aromatic rings. The fourth-order valence-electron chi connectivity index (χ4n) is 14.0. The van der Waals surface area contributed by atoms with Crippen molar-refractivity contribution < 1.29 is 0 Å². The molecule has 8 aromatic carbocycles. The molecule has 65 heavy (non-hydrogen) atoms. The van der Waals surface area contributed by atoms with E-state index in [1.807, 2.05) is 0 Å². The Morgan fingerprint density at radius 3 is 1.08 bits per heavy atom. The lowest BCUT2D eigenvalue weighted by molar-refractivity contribution is 0.652. The predicted molar refractivity (Wildman–Crippen MR) is 283 cm³/mol. The maximum absolute atomic E-state index is 2.59. The summed E-state index contributed by atoms with van der Waals surface area (Å²) in [5, 5.41) is 5.36. The van der Waals surface area contributed by atoms with Crippen molar-refractivity contribution in [1.29, 1.82) is 0 Å². The second-order valence-electron chi connectivity index (χ2n) is 22.6. The first-order valence-electron chi connectivity index (χ1n) is 23.7. The lowest BCUT2D eigenvalue weighted by Gasteiger charge is -2.35. The number of rotatable bonds is 2. The van der Waals surface area contributed by atoms with Crippen molar-refractivity contribution in [3.63, 3.8) is 0 Å². The second-order valence-corrected chi connectivity index (χ2v) is 26.0. The summed E-state index contributed by atoms with van der Waals surface area (Å²) in [6, 6.07) is 52.6. The van der Waals surface area contributed by atoms with E-state index in [0.717, 1.165) is 0 Å². The molecule has 0 saturated carbocycles. The molecule has 5 aliphatic rings. The fraction of sp³-hybridized carbons (Fsp3) is 0.250. The minimum absolute atomic E-state index is 0.0661. The SMILES string of the molecule is CC1=C(c2ccc3c(c2)C(C)(C)c2cc4c(cc2-3)C(C)(C)c2ccc3ccccc3c2-4)S(C)(C)C(c2ccc3c(c2)C(C)(C)c2cc4c(cc2-3)C(C)(C)c2ccc3ccccc3c2-4)=C1C. The highest BCUT2D eigenvalue weighted by atomic mass is 32.3. The summed E-state index contributed by atoms with van der Waals surface area (Å²) in [6.45, 7) is 24.3. The van der Waals surface area contributed by atoms with Gasteiger partial charge in [-0.1, -0.05) is 152 Å². The molecule has 320 valence electrons. The van der Waals surface area contributed by atoms with E-state index in [-0.39, 0.29) is 21.7 Å². The number of hydrogen-bond donors (Lipinski definition) is 0. The van der Waals surface area contributed by atoms with Gasteiger partial charge in [-0.2, -0.15) is 10.0 Å². The van der Waals surface area contributed by atoms with Crippen LogP contribution in [0.3, 0.4) is 0 Å². The van der Waals surface area contributed by atoms with Gasteiger partial charge in [-0.05, 0) is 196 Å². The van der Waals surface area contributed by atoms with Crippen LogP contribution in [0.1, 0.15) is 125 Å². The molecule has 0 amide bonds. The molecule has 0 spiro atoms. The van der Waals surface area contributed by atoms with Crippen molar-refractivity contribution in [3.05, 3.63) is 200 Å². The lowest BCUT2D eigenvalue weighted by atomic mass is 9.79. The number of allylic oxidation sites excluding steroid dienone is 2. The van der Waals surface area contributed by atoms with Crippen LogP contribution in [0.5, 0.6) is 0 Å². The maximum Gasteiger partial charge on any atom is 0.0159 e.